The predicted octanol–water partition coefficient (Wildman–Crippen LogP) is 3.55. The third-order valence-corrected chi connectivity index (χ3v) is 4.93. The second-order valence-corrected chi connectivity index (χ2v) is 6.63. The Hall–Kier alpha value is -2.63. The second kappa shape index (κ2) is 6.70. The van der Waals surface area contributed by atoms with Gasteiger partial charge in [-0.05, 0) is 37.3 Å². The highest BCUT2D eigenvalue weighted by Gasteiger charge is 2.32. The molecule has 1 aliphatic rings. The number of hydrogen-bond donors (Lipinski definition) is 1. The van der Waals surface area contributed by atoms with Crippen LogP contribution >= 0.6 is 0 Å². The average Bonchev–Trinajstić information content (AvgIpc) is 3.34. The van der Waals surface area contributed by atoms with Crippen molar-refractivity contribution in [3.8, 4) is 0 Å². The van der Waals surface area contributed by atoms with Crippen molar-refractivity contribution in [2.24, 2.45) is 0 Å². The zero-order chi connectivity index (χ0) is 17.2. The van der Waals surface area contributed by atoms with Crippen molar-refractivity contribution in [3.05, 3.63) is 47.7 Å². The minimum atomic E-state index is -0.0296. The Balaban J connectivity index is 1.37. The lowest BCUT2D eigenvalue weighted by atomic mass is 10.1. The molecule has 0 radical (unpaired) electrons. The number of fused-ring (bicyclic) bond motifs is 1. The summed E-state index contributed by atoms with van der Waals surface area (Å²) in [6.07, 6.45) is 6.24. The largest absolute Gasteiger partial charge is 0.361 e. The Bertz CT molecular complexity index is 882. The van der Waals surface area contributed by atoms with Crippen molar-refractivity contribution in [2.75, 3.05) is 6.54 Å². The molecule has 25 heavy (non-hydrogen) atoms. The van der Waals surface area contributed by atoms with Gasteiger partial charge in [-0.3, -0.25) is 4.79 Å². The summed E-state index contributed by atoms with van der Waals surface area (Å²) in [5, 5.41) is 5.25. The molecule has 1 aromatic carbocycles. The number of carbonyl (C=O) groups is 1. The van der Waals surface area contributed by atoms with Gasteiger partial charge in [0.25, 0.3) is 0 Å². The number of nitrogens with zero attached hydrogens (tertiary/aromatic N) is 3. The van der Waals surface area contributed by atoms with Gasteiger partial charge in [0.1, 0.15) is 0 Å². The lowest BCUT2D eigenvalue weighted by Gasteiger charge is -2.22. The summed E-state index contributed by atoms with van der Waals surface area (Å²) in [7, 11) is 0. The van der Waals surface area contributed by atoms with Gasteiger partial charge < -0.3 is 14.4 Å². The number of aromatic nitrogens is 3. The zero-order valence-corrected chi connectivity index (χ0v) is 14.4. The minimum Gasteiger partial charge on any atom is -0.361 e. The van der Waals surface area contributed by atoms with Crippen LogP contribution in [-0.2, 0) is 11.2 Å². The van der Waals surface area contributed by atoms with Crippen molar-refractivity contribution < 1.29 is 9.32 Å². The fourth-order valence-electron chi connectivity index (χ4n) is 3.70. The van der Waals surface area contributed by atoms with Crippen LogP contribution in [0.25, 0.3) is 10.9 Å². The van der Waals surface area contributed by atoms with Crippen molar-refractivity contribution in [2.45, 2.75) is 45.1 Å². The normalized spacial score (nSPS) is 17.5. The number of aromatic amines is 1. The maximum absolute atomic E-state index is 12.7. The van der Waals surface area contributed by atoms with Crippen LogP contribution in [0.15, 0.2) is 35.0 Å². The Morgan fingerprint density at radius 2 is 2.28 bits per heavy atom. The van der Waals surface area contributed by atoms with E-state index in [4.69, 9.17) is 4.52 Å². The highest BCUT2D eigenvalue weighted by atomic mass is 16.5. The molecule has 2 aromatic heterocycles. The van der Waals surface area contributed by atoms with Gasteiger partial charge in [0.15, 0.2) is 5.82 Å². The molecule has 3 aromatic rings. The molecule has 0 unspecified atom stereocenters. The molecule has 0 saturated carbocycles. The first-order chi connectivity index (χ1) is 12.2. The number of rotatable bonds is 5. The first-order valence-electron chi connectivity index (χ1n) is 8.87. The van der Waals surface area contributed by atoms with Gasteiger partial charge in [0.2, 0.25) is 11.8 Å². The fraction of sp³-hybridized carbons (Fsp3) is 0.421. The van der Waals surface area contributed by atoms with Gasteiger partial charge >= 0.3 is 0 Å². The van der Waals surface area contributed by atoms with Gasteiger partial charge in [-0.15, -0.1) is 0 Å². The summed E-state index contributed by atoms with van der Waals surface area (Å²) in [5.41, 5.74) is 2.42. The number of likely N-dealkylation sites (tertiary alicyclic amines) is 1. The fourth-order valence-corrected chi connectivity index (χ4v) is 3.70. The topological polar surface area (TPSA) is 75.0 Å². The molecule has 4 rings (SSSR count). The van der Waals surface area contributed by atoms with Crippen LogP contribution < -0.4 is 0 Å². The van der Waals surface area contributed by atoms with E-state index in [2.05, 4.69) is 33.5 Å². The van der Waals surface area contributed by atoms with E-state index in [9.17, 15) is 4.79 Å². The lowest BCUT2D eigenvalue weighted by Crippen LogP contribution is -2.31. The van der Waals surface area contributed by atoms with E-state index in [1.807, 2.05) is 17.0 Å². The van der Waals surface area contributed by atoms with Crippen LogP contribution in [0.1, 0.15) is 49.0 Å². The number of amides is 1. The molecule has 6 heteroatoms. The molecule has 0 bridgehead atoms. The third-order valence-electron chi connectivity index (χ3n) is 4.93. The minimum absolute atomic E-state index is 0.0296. The lowest BCUT2D eigenvalue weighted by molar-refractivity contribution is -0.132. The number of aryl methyl sites for hydroxylation is 2. The summed E-state index contributed by atoms with van der Waals surface area (Å²) in [6.45, 7) is 2.56. The Kier molecular flexibility index (Phi) is 4.26. The number of hydrogen-bond acceptors (Lipinski definition) is 4. The van der Waals surface area contributed by atoms with Crippen molar-refractivity contribution in [3.63, 3.8) is 0 Å². The van der Waals surface area contributed by atoms with Crippen LogP contribution in [0.4, 0.5) is 0 Å². The smallest absolute Gasteiger partial charge is 0.223 e. The van der Waals surface area contributed by atoms with E-state index in [0.29, 0.717) is 18.1 Å². The molecule has 1 saturated heterocycles. The summed E-state index contributed by atoms with van der Waals surface area (Å²) in [4.78, 5) is 22.2. The SMILES string of the molecule is Cc1nc([C@H]2CCCN2C(=O)CCCc2c[nH]c3ccccc23)no1. The van der Waals surface area contributed by atoms with Gasteiger partial charge in [-0.1, -0.05) is 23.4 Å². The van der Waals surface area contributed by atoms with Gasteiger partial charge in [0, 0.05) is 37.0 Å². The third kappa shape index (κ3) is 3.16. The molecular weight excluding hydrogens is 316 g/mol. The summed E-state index contributed by atoms with van der Waals surface area (Å²) < 4.78 is 5.07. The van der Waals surface area contributed by atoms with E-state index in [0.717, 1.165) is 37.7 Å². The first kappa shape index (κ1) is 15.9. The molecule has 1 amide bonds. The highest BCUT2D eigenvalue weighted by molar-refractivity contribution is 5.83. The van der Waals surface area contributed by atoms with Crippen molar-refractivity contribution in [1.29, 1.82) is 0 Å². The Labute approximate surface area is 146 Å². The molecule has 1 atom stereocenters. The van der Waals surface area contributed by atoms with Crippen LogP contribution in [0.2, 0.25) is 0 Å². The first-order valence-corrected chi connectivity index (χ1v) is 8.87. The Morgan fingerprint density at radius 3 is 3.12 bits per heavy atom. The number of para-hydroxylation sites is 1. The van der Waals surface area contributed by atoms with E-state index < -0.39 is 0 Å². The monoisotopic (exact) mass is 338 g/mol. The van der Waals surface area contributed by atoms with E-state index >= 15 is 0 Å². The van der Waals surface area contributed by atoms with Crippen molar-refractivity contribution in [1.82, 2.24) is 20.0 Å². The molecule has 0 spiro atoms. The summed E-state index contributed by atoms with van der Waals surface area (Å²) in [6, 6.07) is 8.24. The summed E-state index contributed by atoms with van der Waals surface area (Å²) >= 11 is 0. The molecule has 6 nitrogen and oxygen atoms in total. The molecule has 130 valence electrons. The van der Waals surface area contributed by atoms with E-state index in [1.54, 1.807) is 6.92 Å². The summed E-state index contributed by atoms with van der Waals surface area (Å²) in [5.74, 6) is 1.37. The quantitative estimate of drug-likeness (QED) is 0.772. The van der Waals surface area contributed by atoms with Gasteiger partial charge in [-0.2, -0.15) is 4.98 Å². The van der Waals surface area contributed by atoms with E-state index in [1.165, 1.54) is 10.9 Å². The second-order valence-electron chi connectivity index (χ2n) is 6.63. The highest BCUT2D eigenvalue weighted by Crippen LogP contribution is 2.31. The molecule has 3 heterocycles. The number of benzene rings is 1. The maximum Gasteiger partial charge on any atom is 0.223 e. The van der Waals surface area contributed by atoms with Gasteiger partial charge in [-0.25, -0.2) is 0 Å². The zero-order valence-electron chi connectivity index (χ0n) is 14.4. The van der Waals surface area contributed by atoms with Crippen LogP contribution in [0.3, 0.4) is 0 Å². The van der Waals surface area contributed by atoms with Crippen LogP contribution in [0.5, 0.6) is 0 Å². The van der Waals surface area contributed by atoms with E-state index in [-0.39, 0.29) is 11.9 Å². The molecule has 1 fully saturated rings. The molecule has 1 N–H and O–H groups in total. The standard InChI is InChI=1S/C19H22N4O2/c1-13-21-19(22-25-13)17-9-5-11-23(17)18(24)10-4-6-14-12-20-16-8-3-2-7-15(14)16/h2-3,7-8,12,17,20H,4-6,9-11H2,1H3/t17-/m1/s1. The van der Waals surface area contributed by atoms with Gasteiger partial charge in [0.05, 0.1) is 6.04 Å². The number of nitrogens with one attached hydrogen (secondary N) is 1. The molecule has 1 aliphatic heterocycles. The average molecular weight is 338 g/mol. The predicted molar refractivity (Wildman–Crippen MR) is 94.0 cm³/mol. The number of carbonyl (C=O) groups excluding carboxylic acids is 1. The Morgan fingerprint density at radius 1 is 1.40 bits per heavy atom. The molecule has 0 aliphatic carbocycles. The van der Waals surface area contributed by atoms with Crippen molar-refractivity contribution >= 4 is 16.8 Å². The molecular formula is C19H22N4O2. The van der Waals surface area contributed by atoms with Crippen LogP contribution in [-0.4, -0.2) is 32.5 Å². The number of H-pyrrole nitrogens is 1. The maximum atomic E-state index is 12.7. The van der Waals surface area contributed by atoms with Crippen LogP contribution in [0, 0.1) is 6.92 Å².